The standard InChI is InChI=1S/C21H24FN3O3S2/c1-4-24(5-2)13-14-25(21-23-19-17(22)7-6-8-18(19)29-21)20(26)15-9-11-16(12-10-15)30(3,27)28/h6-12H,4-5,13-14H2,1-3H3. The number of anilines is 1. The minimum atomic E-state index is -3.35. The van der Waals surface area contributed by atoms with Crippen molar-refractivity contribution in [1.82, 2.24) is 9.88 Å². The molecule has 0 N–H and O–H groups in total. The number of halogens is 1. The van der Waals surface area contributed by atoms with Crippen molar-refractivity contribution in [2.75, 3.05) is 37.3 Å². The van der Waals surface area contributed by atoms with Crippen LogP contribution in [-0.2, 0) is 9.84 Å². The second-order valence-corrected chi connectivity index (χ2v) is 9.89. The Bertz CT molecular complexity index is 1140. The van der Waals surface area contributed by atoms with Crippen LogP contribution in [0.5, 0.6) is 0 Å². The van der Waals surface area contributed by atoms with Gasteiger partial charge in [-0.05, 0) is 49.5 Å². The number of thiazole rings is 1. The third-order valence-electron chi connectivity index (χ3n) is 4.90. The van der Waals surface area contributed by atoms with Gasteiger partial charge in [-0.2, -0.15) is 0 Å². The van der Waals surface area contributed by atoms with Crippen LogP contribution >= 0.6 is 11.3 Å². The van der Waals surface area contributed by atoms with Crippen LogP contribution in [0.3, 0.4) is 0 Å². The molecule has 9 heteroatoms. The molecule has 0 fully saturated rings. The average Bonchev–Trinajstić information content (AvgIpc) is 3.16. The zero-order valence-corrected chi connectivity index (χ0v) is 18.8. The van der Waals surface area contributed by atoms with Crippen molar-refractivity contribution in [2.45, 2.75) is 18.7 Å². The fourth-order valence-corrected chi connectivity index (χ4v) is 4.72. The van der Waals surface area contributed by atoms with E-state index in [0.717, 1.165) is 19.3 Å². The zero-order valence-electron chi connectivity index (χ0n) is 17.1. The lowest BCUT2D eigenvalue weighted by Gasteiger charge is -2.24. The lowest BCUT2D eigenvalue weighted by molar-refractivity contribution is 0.0983. The monoisotopic (exact) mass is 449 g/mol. The largest absolute Gasteiger partial charge is 0.302 e. The Morgan fingerprint density at radius 2 is 1.73 bits per heavy atom. The number of carbonyl (C=O) groups excluding carboxylic acids is 1. The van der Waals surface area contributed by atoms with E-state index in [-0.39, 0.29) is 16.3 Å². The molecule has 160 valence electrons. The van der Waals surface area contributed by atoms with Crippen molar-refractivity contribution in [3.05, 3.63) is 53.8 Å². The van der Waals surface area contributed by atoms with Crippen LogP contribution in [0.4, 0.5) is 9.52 Å². The van der Waals surface area contributed by atoms with Gasteiger partial charge in [0.15, 0.2) is 15.0 Å². The van der Waals surface area contributed by atoms with Gasteiger partial charge in [-0.25, -0.2) is 17.8 Å². The van der Waals surface area contributed by atoms with Crippen molar-refractivity contribution in [2.24, 2.45) is 0 Å². The first-order valence-electron chi connectivity index (χ1n) is 9.64. The van der Waals surface area contributed by atoms with E-state index in [4.69, 9.17) is 0 Å². The summed E-state index contributed by atoms with van der Waals surface area (Å²) in [5.41, 5.74) is 0.590. The van der Waals surface area contributed by atoms with Crippen molar-refractivity contribution in [3.63, 3.8) is 0 Å². The van der Waals surface area contributed by atoms with E-state index in [1.54, 1.807) is 12.1 Å². The van der Waals surface area contributed by atoms with E-state index in [1.165, 1.54) is 46.6 Å². The maximum atomic E-state index is 14.1. The van der Waals surface area contributed by atoms with E-state index in [1.807, 2.05) is 13.8 Å². The van der Waals surface area contributed by atoms with Gasteiger partial charge >= 0.3 is 0 Å². The van der Waals surface area contributed by atoms with Crippen molar-refractivity contribution >= 4 is 42.4 Å². The molecule has 0 atom stereocenters. The minimum Gasteiger partial charge on any atom is -0.302 e. The number of hydrogen-bond acceptors (Lipinski definition) is 6. The minimum absolute atomic E-state index is 0.149. The molecule has 1 aromatic heterocycles. The number of amides is 1. The molecule has 1 amide bonds. The van der Waals surface area contributed by atoms with E-state index in [9.17, 15) is 17.6 Å². The molecule has 0 unspecified atom stereocenters. The molecule has 3 rings (SSSR count). The molecule has 6 nitrogen and oxygen atoms in total. The molecule has 0 aliphatic carbocycles. The molecule has 0 spiro atoms. The highest BCUT2D eigenvalue weighted by atomic mass is 32.2. The fraction of sp³-hybridized carbons (Fsp3) is 0.333. The summed E-state index contributed by atoms with van der Waals surface area (Å²) in [7, 11) is -3.35. The van der Waals surface area contributed by atoms with Crippen LogP contribution < -0.4 is 4.90 Å². The van der Waals surface area contributed by atoms with Gasteiger partial charge in [0.05, 0.1) is 9.60 Å². The number of sulfone groups is 1. The van der Waals surface area contributed by atoms with Gasteiger partial charge in [0.2, 0.25) is 0 Å². The molecule has 0 saturated heterocycles. The summed E-state index contributed by atoms with van der Waals surface area (Å²) in [6, 6.07) is 10.6. The van der Waals surface area contributed by atoms with Gasteiger partial charge < -0.3 is 4.90 Å². The SMILES string of the molecule is CCN(CC)CCN(C(=O)c1ccc(S(C)(=O)=O)cc1)c1nc2c(F)cccc2s1. The Morgan fingerprint density at radius 3 is 2.30 bits per heavy atom. The number of rotatable bonds is 8. The highest BCUT2D eigenvalue weighted by Crippen LogP contribution is 2.31. The molecule has 0 radical (unpaired) electrons. The number of aromatic nitrogens is 1. The van der Waals surface area contributed by atoms with Gasteiger partial charge in [0.1, 0.15) is 11.3 Å². The Hall–Kier alpha value is -2.36. The van der Waals surface area contributed by atoms with Crippen LogP contribution in [0, 0.1) is 5.82 Å². The van der Waals surface area contributed by atoms with E-state index >= 15 is 0 Å². The van der Waals surface area contributed by atoms with Crippen LogP contribution in [0.2, 0.25) is 0 Å². The van der Waals surface area contributed by atoms with Crippen molar-refractivity contribution in [3.8, 4) is 0 Å². The Kier molecular flexibility index (Phi) is 6.84. The molecular weight excluding hydrogens is 425 g/mol. The fourth-order valence-electron chi connectivity index (χ4n) is 3.08. The Labute approximate surface area is 179 Å². The summed E-state index contributed by atoms with van der Waals surface area (Å²) in [5, 5.41) is 0.416. The highest BCUT2D eigenvalue weighted by Gasteiger charge is 2.23. The molecule has 1 heterocycles. The second-order valence-electron chi connectivity index (χ2n) is 6.86. The first-order chi connectivity index (χ1) is 14.2. The summed E-state index contributed by atoms with van der Waals surface area (Å²) < 4.78 is 38.2. The third kappa shape index (κ3) is 4.85. The normalized spacial score (nSPS) is 11.9. The Balaban J connectivity index is 1.97. The molecule has 3 aromatic rings. The number of fused-ring (bicyclic) bond motifs is 1. The molecule has 0 aliphatic rings. The first-order valence-corrected chi connectivity index (χ1v) is 12.3. The van der Waals surface area contributed by atoms with E-state index in [0.29, 0.717) is 28.5 Å². The van der Waals surface area contributed by atoms with Gasteiger partial charge in [-0.15, -0.1) is 0 Å². The second kappa shape index (κ2) is 9.20. The number of benzene rings is 2. The van der Waals surface area contributed by atoms with Crippen LogP contribution in [0.15, 0.2) is 47.4 Å². The topological polar surface area (TPSA) is 70.6 Å². The predicted octanol–water partition coefficient (Wildman–Crippen LogP) is 3.83. The lowest BCUT2D eigenvalue weighted by Crippen LogP contribution is -2.38. The molecule has 0 aliphatic heterocycles. The van der Waals surface area contributed by atoms with Gasteiger partial charge in [0, 0.05) is 24.9 Å². The maximum absolute atomic E-state index is 14.1. The molecule has 0 bridgehead atoms. The maximum Gasteiger partial charge on any atom is 0.260 e. The number of carbonyl (C=O) groups is 1. The lowest BCUT2D eigenvalue weighted by atomic mass is 10.2. The van der Waals surface area contributed by atoms with Crippen molar-refractivity contribution < 1.29 is 17.6 Å². The zero-order chi connectivity index (χ0) is 21.9. The van der Waals surface area contributed by atoms with Gasteiger partial charge in [-0.1, -0.05) is 31.3 Å². The smallest absolute Gasteiger partial charge is 0.260 e. The number of hydrogen-bond donors (Lipinski definition) is 0. The summed E-state index contributed by atoms with van der Waals surface area (Å²) in [6.07, 6.45) is 1.12. The van der Waals surface area contributed by atoms with Gasteiger partial charge in [0.25, 0.3) is 5.91 Å². The summed E-state index contributed by atoms with van der Waals surface area (Å²) in [4.78, 5) is 21.5. The van der Waals surface area contributed by atoms with E-state index < -0.39 is 15.7 Å². The quantitative estimate of drug-likeness (QED) is 0.523. The number of para-hydroxylation sites is 1. The van der Waals surface area contributed by atoms with E-state index in [2.05, 4.69) is 9.88 Å². The summed E-state index contributed by atoms with van der Waals surface area (Å²) >= 11 is 1.26. The predicted molar refractivity (Wildman–Crippen MR) is 119 cm³/mol. The molecule has 2 aromatic carbocycles. The summed E-state index contributed by atoms with van der Waals surface area (Å²) in [6.45, 7) is 6.81. The van der Waals surface area contributed by atoms with Crippen LogP contribution in [0.25, 0.3) is 10.2 Å². The number of likely N-dealkylation sites (N-methyl/N-ethyl adjacent to an activating group) is 1. The van der Waals surface area contributed by atoms with Crippen LogP contribution in [0.1, 0.15) is 24.2 Å². The Morgan fingerprint density at radius 1 is 1.07 bits per heavy atom. The van der Waals surface area contributed by atoms with Crippen molar-refractivity contribution in [1.29, 1.82) is 0 Å². The highest BCUT2D eigenvalue weighted by molar-refractivity contribution is 7.90. The first kappa shape index (κ1) is 22.3. The average molecular weight is 450 g/mol. The molecule has 30 heavy (non-hydrogen) atoms. The van der Waals surface area contributed by atoms with Crippen LogP contribution in [-0.4, -0.2) is 56.6 Å². The van der Waals surface area contributed by atoms with Gasteiger partial charge in [-0.3, -0.25) is 9.69 Å². The molecular formula is C21H24FN3O3S2. The molecule has 0 saturated carbocycles. The number of nitrogens with zero attached hydrogens (tertiary/aromatic N) is 3. The third-order valence-corrected chi connectivity index (χ3v) is 7.07. The summed E-state index contributed by atoms with van der Waals surface area (Å²) in [5.74, 6) is -0.731.